The van der Waals surface area contributed by atoms with Gasteiger partial charge in [-0.3, -0.25) is 0 Å². The monoisotopic (exact) mass is 307 g/mol. The van der Waals surface area contributed by atoms with Crippen LogP contribution in [0, 0.1) is 27.7 Å². The fraction of sp³-hybridized carbons (Fsp3) is 0.263. The summed E-state index contributed by atoms with van der Waals surface area (Å²) in [5, 5.41) is 18.1. The van der Waals surface area contributed by atoms with E-state index in [1.807, 2.05) is 10.7 Å². The average molecular weight is 307 g/mol. The highest BCUT2D eigenvalue weighted by Gasteiger charge is 2.17. The van der Waals surface area contributed by atoms with E-state index in [-0.39, 0.29) is 6.61 Å². The molecule has 0 radical (unpaired) electrons. The average Bonchev–Trinajstić information content (AvgIpc) is 2.93. The van der Waals surface area contributed by atoms with Crippen molar-refractivity contribution < 1.29 is 5.11 Å². The van der Waals surface area contributed by atoms with Crippen LogP contribution in [0.3, 0.4) is 0 Å². The molecule has 3 aromatic rings. The largest absolute Gasteiger partial charge is 0.390 e. The summed E-state index contributed by atoms with van der Waals surface area (Å²) in [6.45, 7) is 8.18. The molecule has 4 heteroatoms. The van der Waals surface area contributed by atoms with Crippen LogP contribution in [0.25, 0.3) is 16.9 Å². The summed E-state index contributed by atoms with van der Waals surface area (Å²) in [6.07, 6.45) is 0. The van der Waals surface area contributed by atoms with Crippen molar-refractivity contribution in [1.82, 2.24) is 15.0 Å². The van der Waals surface area contributed by atoms with Crippen LogP contribution in [0.15, 0.2) is 36.4 Å². The Morgan fingerprint density at radius 1 is 0.913 bits per heavy atom. The summed E-state index contributed by atoms with van der Waals surface area (Å²) in [7, 11) is 0. The molecule has 0 bridgehead atoms. The zero-order chi connectivity index (χ0) is 16.6. The van der Waals surface area contributed by atoms with Crippen LogP contribution in [-0.2, 0) is 6.61 Å². The molecule has 0 aliphatic rings. The molecule has 0 saturated carbocycles. The molecule has 1 N–H and O–H groups in total. The van der Waals surface area contributed by atoms with E-state index in [0.717, 1.165) is 22.5 Å². The van der Waals surface area contributed by atoms with E-state index in [1.54, 1.807) is 0 Å². The molecule has 0 amide bonds. The molecule has 0 atom stereocenters. The second-order valence-corrected chi connectivity index (χ2v) is 6.04. The van der Waals surface area contributed by atoms with Crippen molar-refractivity contribution in [2.45, 2.75) is 34.3 Å². The lowest BCUT2D eigenvalue weighted by Gasteiger charge is -2.12. The highest BCUT2D eigenvalue weighted by Crippen LogP contribution is 2.28. The third kappa shape index (κ3) is 2.78. The van der Waals surface area contributed by atoms with E-state index < -0.39 is 0 Å². The molecule has 0 aliphatic carbocycles. The molecule has 3 rings (SSSR count). The molecule has 0 spiro atoms. The highest BCUT2D eigenvalue weighted by molar-refractivity contribution is 5.66. The zero-order valence-electron chi connectivity index (χ0n) is 14.0. The van der Waals surface area contributed by atoms with Gasteiger partial charge >= 0.3 is 0 Å². The number of aliphatic hydroxyl groups is 1. The van der Waals surface area contributed by atoms with E-state index in [2.05, 4.69) is 68.3 Å². The van der Waals surface area contributed by atoms with Crippen LogP contribution < -0.4 is 0 Å². The van der Waals surface area contributed by atoms with Gasteiger partial charge in [0.1, 0.15) is 11.4 Å². The first kappa shape index (κ1) is 15.4. The molecular weight excluding hydrogens is 286 g/mol. The number of aliphatic hydroxyl groups excluding tert-OH is 1. The molecular formula is C19H21N3O. The Morgan fingerprint density at radius 2 is 1.70 bits per heavy atom. The summed E-state index contributed by atoms with van der Waals surface area (Å²) in [4.78, 5) is 0. The molecule has 118 valence electrons. The fourth-order valence-electron chi connectivity index (χ4n) is 2.81. The normalized spacial score (nSPS) is 11.0. The van der Waals surface area contributed by atoms with Crippen LogP contribution in [0.4, 0.5) is 0 Å². The minimum atomic E-state index is -0.132. The Morgan fingerprint density at radius 3 is 2.35 bits per heavy atom. The predicted octanol–water partition coefficient (Wildman–Crippen LogP) is 3.66. The number of hydrogen-bond acceptors (Lipinski definition) is 3. The lowest BCUT2D eigenvalue weighted by molar-refractivity contribution is 0.277. The van der Waals surface area contributed by atoms with Gasteiger partial charge in [-0.25, -0.2) is 4.68 Å². The standard InChI is InChI=1S/C19H21N3O/c1-12-5-8-18(15(4)9-12)22-19(17(11-23)20-21-22)16-7-6-13(2)14(3)10-16/h5-10,23H,11H2,1-4H3. The van der Waals surface area contributed by atoms with Crippen molar-refractivity contribution in [3.8, 4) is 16.9 Å². The lowest BCUT2D eigenvalue weighted by Crippen LogP contribution is -2.03. The van der Waals surface area contributed by atoms with E-state index >= 15 is 0 Å². The topological polar surface area (TPSA) is 50.9 Å². The maximum absolute atomic E-state index is 9.66. The lowest BCUT2D eigenvalue weighted by atomic mass is 10.0. The van der Waals surface area contributed by atoms with Gasteiger partial charge in [0.15, 0.2) is 0 Å². The second kappa shape index (κ2) is 5.97. The van der Waals surface area contributed by atoms with Crippen LogP contribution >= 0.6 is 0 Å². The van der Waals surface area contributed by atoms with Crippen LogP contribution in [0.1, 0.15) is 27.9 Å². The van der Waals surface area contributed by atoms with Crippen molar-refractivity contribution in [1.29, 1.82) is 0 Å². The minimum absolute atomic E-state index is 0.132. The van der Waals surface area contributed by atoms with Crippen LogP contribution in [0.5, 0.6) is 0 Å². The summed E-state index contributed by atoms with van der Waals surface area (Å²) >= 11 is 0. The number of hydrogen-bond donors (Lipinski definition) is 1. The quantitative estimate of drug-likeness (QED) is 0.803. The van der Waals surface area contributed by atoms with Gasteiger partial charge in [-0.15, -0.1) is 5.10 Å². The third-order valence-electron chi connectivity index (χ3n) is 4.25. The maximum Gasteiger partial charge on any atom is 0.117 e. The Labute approximate surface area is 136 Å². The number of benzene rings is 2. The van der Waals surface area contributed by atoms with Gasteiger partial charge in [-0.1, -0.05) is 35.0 Å². The van der Waals surface area contributed by atoms with Gasteiger partial charge in [0.25, 0.3) is 0 Å². The zero-order valence-corrected chi connectivity index (χ0v) is 14.0. The third-order valence-corrected chi connectivity index (χ3v) is 4.25. The van der Waals surface area contributed by atoms with Crippen LogP contribution in [-0.4, -0.2) is 20.1 Å². The van der Waals surface area contributed by atoms with Gasteiger partial charge in [0.2, 0.25) is 0 Å². The molecule has 1 heterocycles. The molecule has 2 aromatic carbocycles. The van der Waals surface area contributed by atoms with Gasteiger partial charge < -0.3 is 5.11 Å². The van der Waals surface area contributed by atoms with Gasteiger partial charge in [0, 0.05) is 5.56 Å². The van der Waals surface area contributed by atoms with Crippen molar-refractivity contribution in [2.75, 3.05) is 0 Å². The van der Waals surface area contributed by atoms with Gasteiger partial charge in [-0.05, 0) is 56.5 Å². The predicted molar refractivity (Wildman–Crippen MR) is 91.7 cm³/mol. The maximum atomic E-state index is 9.66. The molecule has 0 saturated heterocycles. The molecule has 1 aromatic heterocycles. The van der Waals surface area contributed by atoms with Crippen molar-refractivity contribution >= 4 is 0 Å². The van der Waals surface area contributed by atoms with E-state index in [1.165, 1.54) is 16.7 Å². The minimum Gasteiger partial charge on any atom is -0.390 e. The summed E-state index contributed by atoms with van der Waals surface area (Å²) < 4.78 is 1.82. The van der Waals surface area contributed by atoms with Gasteiger partial charge in [-0.2, -0.15) is 0 Å². The number of nitrogens with zero attached hydrogens (tertiary/aromatic N) is 3. The van der Waals surface area contributed by atoms with E-state index in [9.17, 15) is 5.11 Å². The molecule has 0 fully saturated rings. The Balaban J connectivity index is 2.23. The second-order valence-electron chi connectivity index (χ2n) is 6.04. The first-order valence-electron chi connectivity index (χ1n) is 7.72. The Kier molecular flexibility index (Phi) is 4.01. The summed E-state index contributed by atoms with van der Waals surface area (Å²) in [5.74, 6) is 0. The van der Waals surface area contributed by atoms with Crippen molar-refractivity contribution in [2.24, 2.45) is 0 Å². The number of aryl methyl sites for hydroxylation is 4. The SMILES string of the molecule is Cc1ccc(-n2nnc(CO)c2-c2ccc(C)c(C)c2)c(C)c1. The first-order valence-corrected chi connectivity index (χ1v) is 7.72. The summed E-state index contributed by atoms with van der Waals surface area (Å²) in [5.41, 5.74) is 8.23. The summed E-state index contributed by atoms with van der Waals surface area (Å²) in [6, 6.07) is 12.5. The number of rotatable bonds is 3. The molecule has 4 nitrogen and oxygen atoms in total. The van der Waals surface area contributed by atoms with Crippen molar-refractivity contribution in [3.63, 3.8) is 0 Å². The van der Waals surface area contributed by atoms with E-state index in [4.69, 9.17) is 0 Å². The van der Waals surface area contributed by atoms with Crippen molar-refractivity contribution in [3.05, 3.63) is 64.3 Å². The highest BCUT2D eigenvalue weighted by atomic mass is 16.3. The van der Waals surface area contributed by atoms with Gasteiger partial charge in [0.05, 0.1) is 12.3 Å². The molecule has 23 heavy (non-hydrogen) atoms. The van der Waals surface area contributed by atoms with Crippen LogP contribution in [0.2, 0.25) is 0 Å². The Bertz CT molecular complexity index is 865. The number of aromatic nitrogens is 3. The molecule has 0 aliphatic heterocycles. The smallest absolute Gasteiger partial charge is 0.117 e. The first-order chi connectivity index (χ1) is 11.0. The van der Waals surface area contributed by atoms with E-state index in [0.29, 0.717) is 5.69 Å². The Hall–Kier alpha value is -2.46. The molecule has 0 unspecified atom stereocenters. The fourth-order valence-corrected chi connectivity index (χ4v) is 2.81.